The number of rotatable bonds is 3. The van der Waals surface area contributed by atoms with Crippen LogP contribution in [0.2, 0.25) is 0 Å². The van der Waals surface area contributed by atoms with Crippen molar-refractivity contribution < 1.29 is 9.18 Å². The molecule has 1 heterocycles. The quantitative estimate of drug-likeness (QED) is 0.924. The van der Waals surface area contributed by atoms with Crippen molar-refractivity contribution in [2.24, 2.45) is 11.7 Å². The molecule has 20 heavy (non-hydrogen) atoms. The Morgan fingerprint density at radius 3 is 2.75 bits per heavy atom. The van der Waals surface area contributed by atoms with E-state index >= 15 is 0 Å². The van der Waals surface area contributed by atoms with Crippen molar-refractivity contribution in [3.63, 3.8) is 0 Å². The van der Waals surface area contributed by atoms with Gasteiger partial charge in [0, 0.05) is 19.0 Å². The highest BCUT2D eigenvalue weighted by atomic mass is 19.1. The van der Waals surface area contributed by atoms with E-state index in [2.05, 4.69) is 13.8 Å². The predicted octanol–water partition coefficient (Wildman–Crippen LogP) is 2.78. The molecule has 1 saturated heterocycles. The summed E-state index contributed by atoms with van der Waals surface area (Å²) in [5.41, 5.74) is 8.08. The van der Waals surface area contributed by atoms with E-state index in [-0.39, 0.29) is 23.8 Å². The summed E-state index contributed by atoms with van der Waals surface area (Å²) in [6, 6.07) is 4.49. The highest BCUT2D eigenvalue weighted by Crippen LogP contribution is 2.33. The van der Waals surface area contributed by atoms with Crippen LogP contribution >= 0.6 is 0 Å². The minimum Gasteiger partial charge on any atom is -0.334 e. The third-order valence-electron chi connectivity index (χ3n) is 3.87. The zero-order valence-electron chi connectivity index (χ0n) is 12.4. The van der Waals surface area contributed by atoms with Gasteiger partial charge in [0.15, 0.2) is 0 Å². The molecule has 1 aromatic carbocycles. The van der Waals surface area contributed by atoms with Gasteiger partial charge in [-0.2, -0.15) is 0 Å². The topological polar surface area (TPSA) is 46.3 Å². The van der Waals surface area contributed by atoms with Gasteiger partial charge in [-0.05, 0) is 42.5 Å². The SMILES string of the molecule is Cc1cc(F)ccc1C1C(N)CCC(=O)N1CC(C)C. The number of benzene rings is 1. The first-order valence-corrected chi connectivity index (χ1v) is 7.21. The predicted molar refractivity (Wildman–Crippen MR) is 77.6 cm³/mol. The van der Waals surface area contributed by atoms with Crippen molar-refractivity contribution in [2.45, 2.75) is 45.7 Å². The number of carbonyl (C=O) groups is 1. The molecule has 1 aliphatic rings. The number of halogens is 1. The number of carbonyl (C=O) groups excluding carboxylic acids is 1. The molecule has 2 N–H and O–H groups in total. The Bertz CT molecular complexity index is 501. The first kappa shape index (κ1) is 15.0. The van der Waals surface area contributed by atoms with Gasteiger partial charge in [0.05, 0.1) is 6.04 Å². The largest absolute Gasteiger partial charge is 0.334 e. The second-order valence-corrected chi connectivity index (χ2v) is 6.09. The van der Waals surface area contributed by atoms with Gasteiger partial charge in [0.25, 0.3) is 0 Å². The molecule has 0 bridgehead atoms. The Balaban J connectivity index is 2.39. The minimum atomic E-state index is -0.252. The molecule has 0 spiro atoms. The van der Waals surface area contributed by atoms with Gasteiger partial charge in [-0.15, -0.1) is 0 Å². The second kappa shape index (κ2) is 5.92. The summed E-state index contributed by atoms with van der Waals surface area (Å²) < 4.78 is 13.3. The molecule has 110 valence electrons. The third kappa shape index (κ3) is 3.01. The van der Waals surface area contributed by atoms with Gasteiger partial charge in [-0.3, -0.25) is 4.79 Å². The Labute approximate surface area is 120 Å². The number of nitrogens with zero attached hydrogens (tertiary/aromatic N) is 1. The van der Waals surface area contributed by atoms with E-state index in [1.807, 2.05) is 11.8 Å². The molecule has 2 rings (SSSR count). The van der Waals surface area contributed by atoms with Crippen molar-refractivity contribution in [1.29, 1.82) is 0 Å². The second-order valence-electron chi connectivity index (χ2n) is 6.09. The van der Waals surface area contributed by atoms with E-state index < -0.39 is 0 Å². The maximum Gasteiger partial charge on any atom is 0.223 e. The molecular formula is C16H23FN2O. The van der Waals surface area contributed by atoms with Gasteiger partial charge in [0.2, 0.25) is 5.91 Å². The van der Waals surface area contributed by atoms with E-state index in [1.165, 1.54) is 12.1 Å². The van der Waals surface area contributed by atoms with Crippen LogP contribution in [0, 0.1) is 18.7 Å². The maximum absolute atomic E-state index is 13.3. The van der Waals surface area contributed by atoms with Crippen LogP contribution in [0.1, 0.15) is 43.9 Å². The molecule has 1 fully saturated rings. The van der Waals surface area contributed by atoms with Gasteiger partial charge < -0.3 is 10.6 Å². The molecular weight excluding hydrogens is 255 g/mol. The number of likely N-dealkylation sites (tertiary alicyclic amines) is 1. The van der Waals surface area contributed by atoms with Gasteiger partial charge in [-0.25, -0.2) is 4.39 Å². The molecule has 0 aliphatic carbocycles. The molecule has 1 aromatic rings. The van der Waals surface area contributed by atoms with Crippen LogP contribution in [-0.2, 0) is 4.79 Å². The summed E-state index contributed by atoms with van der Waals surface area (Å²) in [7, 11) is 0. The highest BCUT2D eigenvalue weighted by Gasteiger charge is 2.35. The van der Waals surface area contributed by atoms with Crippen molar-refractivity contribution in [2.75, 3.05) is 6.54 Å². The number of nitrogens with two attached hydrogens (primary N) is 1. The molecule has 0 radical (unpaired) electrons. The van der Waals surface area contributed by atoms with Gasteiger partial charge in [0.1, 0.15) is 5.82 Å². The Morgan fingerprint density at radius 2 is 2.15 bits per heavy atom. The highest BCUT2D eigenvalue weighted by molar-refractivity contribution is 5.78. The molecule has 2 unspecified atom stereocenters. The normalized spacial score (nSPS) is 23.5. The lowest BCUT2D eigenvalue weighted by Gasteiger charge is -2.41. The third-order valence-corrected chi connectivity index (χ3v) is 3.87. The minimum absolute atomic E-state index is 0.0874. The van der Waals surface area contributed by atoms with Gasteiger partial charge in [-0.1, -0.05) is 19.9 Å². The van der Waals surface area contributed by atoms with Gasteiger partial charge >= 0.3 is 0 Å². The van der Waals surface area contributed by atoms with Crippen molar-refractivity contribution in [3.05, 3.63) is 35.1 Å². The smallest absolute Gasteiger partial charge is 0.223 e. The lowest BCUT2D eigenvalue weighted by molar-refractivity contribution is -0.138. The van der Waals surface area contributed by atoms with Crippen LogP contribution in [0.4, 0.5) is 4.39 Å². The van der Waals surface area contributed by atoms with Crippen LogP contribution in [0.3, 0.4) is 0 Å². The Hall–Kier alpha value is -1.42. The van der Waals surface area contributed by atoms with E-state index in [4.69, 9.17) is 5.73 Å². The number of amides is 1. The zero-order valence-corrected chi connectivity index (χ0v) is 12.4. The van der Waals surface area contributed by atoms with Crippen molar-refractivity contribution in [1.82, 2.24) is 4.90 Å². The molecule has 3 nitrogen and oxygen atoms in total. The Kier molecular flexibility index (Phi) is 4.43. The summed E-state index contributed by atoms with van der Waals surface area (Å²) in [6.07, 6.45) is 1.19. The molecule has 0 aromatic heterocycles. The average molecular weight is 278 g/mol. The monoisotopic (exact) mass is 278 g/mol. The summed E-state index contributed by atoms with van der Waals surface area (Å²) in [5, 5.41) is 0. The van der Waals surface area contributed by atoms with E-state index in [0.29, 0.717) is 25.3 Å². The van der Waals surface area contributed by atoms with E-state index in [9.17, 15) is 9.18 Å². The van der Waals surface area contributed by atoms with E-state index in [1.54, 1.807) is 6.07 Å². The maximum atomic E-state index is 13.3. The zero-order chi connectivity index (χ0) is 14.9. The number of piperidine rings is 1. The number of hydrogen-bond donors (Lipinski definition) is 1. The summed E-state index contributed by atoms with van der Waals surface area (Å²) in [4.78, 5) is 14.1. The summed E-state index contributed by atoms with van der Waals surface area (Å²) in [6.45, 7) is 6.73. The fraction of sp³-hybridized carbons (Fsp3) is 0.562. The van der Waals surface area contributed by atoms with Crippen molar-refractivity contribution >= 4 is 5.91 Å². The molecule has 4 heteroatoms. The van der Waals surface area contributed by atoms with Crippen LogP contribution in [0.5, 0.6) is 0 Å². The van der Waals surface area contributed by atoms with Crippen molar-refractivity contribution in [3.8, 4) is 0 Å². The standard InChI is InChI=1S/C16H23FN2O/c1-10(2)9-19-15(20)7-6-14(18)16(19)13-5-4-12(17)8-11(13)3/h4-5,8,10,14,16H,6-7,9,18H2,1-3H3. The summed E-state index contributed by atoms with van der Waals surface area (Å²) >= 11 is 0. The fourth-order valence-corrected chi connectivity index (χ4v) is 2.96. The number of hydrogen-bond acceptors (Lipinski definition) is 2. The molecule has 0 saturated carbocycles. The average Bonchev–Trinajstić information content (AvgIpc) is 2.35. The first-order chi connectivity index (χ1) is 9.40. The van der Waals surface area contributed by atoms with Crippen LogP contribution < -0.4 is 5.73 Å². The van der Waals surface area contributed by atoms with Crippen LogP contribution in [0.15, 0.2) is 18.2 Å². The molecule has 1 amide bonds. The van der Waals surface area contributed by atoms with E-state index in [0.717, 1.165) is 11.1 Å². The fourth-order valence-electron chi connectivity index (χ4n) is 2.96. The molecule has 2 atom stereocenters. The van der Waals surface area contributed by atoms with Crippen LogP contribution in [0.25, 0.3) is 0 Å². The molecule has 1 aliphatic heterocycles. The first-order valence-electron chi connectivity index (χ1n) is 7.21. The van der Waals surface area contributed by atoms with Crippen LogP contribution in [-0.4, -0.2) is 23.4 Å². The number of aryl methyl sites for hydroxylation is 1. The lowest BCUT2D eigenvalue weighted by atomic mass is 9.87. The lowest BCUT2D eigenvalue weighted by Crippen LogP contribution is -2.50. The Morgan fingerprint density at radius 1 is 1.45 bits per heavy atom. The summed E-state index contributed by atoms with van der Waals surface area (Å²) in [5.74, 6) is 0.277.